The maximum Gasteiger partial charge on any atom is 0.164 e. The van der Waals surface area contributed by atoms with Crippen molar-refractivity contribution in [2.75, 3.05) is 0 Å². The largest absolute Gasteiger partial charge is 0.265 e. The molecule has 292 valence electrons. The first-order chi connectivity index (χ1) is 30.7. The Balaban J connectivity index is 0.978. The Bertz CT molecular complexity index is 3120. The number of nitrogens with zero attached hydrogens (tertiary/aromatic N) is 5. The lowest BCUT2D eigenvalue weighted by Crippen LogP contribution is -2.52. The van der Waals surface area contributed by atoms with Crippen LogP contribution in [-0.2, 0) is 5.41 Å². The van der Waals surface area contributed by atoms with Gasteiger partial charge in [0.05, 0.1) is 5.41 Å². The summed E-state index contributed by atoms with van der Waals surface area (Å²) in [4.78, 5) is 23.9. The molecule has 0 aliphatic heterocycles. The van der Waals surface area contributed by atoms with Gasteiger partial charge in [-0.25, -0.2) is 15.0 Å². The summed E-state index contributed by atoms with van der Waals surface area (Å²) in [5.41, 5.74) is 16.1. The molecule has 0 fully saturated rings. The highest BCUT2D eigenvalue weighted by Crippen LogP contribution is 2.65. The topological polar surface area (TPSA) is 64.5 Å². The Morgan fingerprint density at radius 1 is 0.355 bits per heavy atom. The van der Waals surface area contributed by atoms with Crippen molar-refractivity contribution in [2.24, 2.45) is 11.8 Å². The highest BCUT2D eigenvalue weighted by atomic mass is 15.0. The SMILES string of the molecule is C1=CC2C3c4ccccc4C(c4ccncc4)(c4cc(-c5ccc(-c6cc(-c7ccncc7)cc(-c7nc(-c8ccccc8)nc(-c8ccccc8)n7)c6)cc5)ccc43)C2C=C1. The van der Waals surface area contributed by atoms with E-state index in [0.29, 0.717) is 35.2 Å². The first-order valence-corrected chi connectivity index (χ1v) is 21.3. The molecule has 13 rings (SSSR count). The van der Waals surface area contributed by atoms with E-state index in [0.717, 1.165) is 38.9 Å². The number of hydrogen-bond donors (Lipinski definition) is 0. The highest BCUT2D eigenvalue weighted by molar-refractivity contribution is 5.82. The molecule has 4 aliphatic rings. The van der Waals surface area contributed by atoms with Gasteiger partial charge in [-0.2, -0.15) is 0 Å². The normalized spacial score (nSPS) is 19.1. The molecule has 62 heavy (non-hydrogen) atoms. The van der Waals surface area contributed by atoms with Crippen LogP contribution in [0.25, 0.3) is 67.5 Å². The second kappa shape index (κ2) is 14.7. The molecule has 5 nitrogen and oxygen atoms in total. The third-order valence-corrected chi connectivity index (χ3v) is 13.2. The average Bonchev–Trinajstić information content (AvgIpc) is 3.37. The van der Waals surface area contributed by atoms with Crippen LogP contribution >= 0.6 is 0 Å². The van der Waals surface area contributed by atoms with Gasteiger partial charge in [0, 0.05) is 53.3 Å². The van der Waals surface area contributed by atoms with Gasteiger partial charge in [-0.3, -0.25) is 9.97 Å². The van der Waals surface area contributed by atoms with Gasteiger partial charge < -0.3 is 0 Å². The van der Waals surface area contributed by atoms with Crippen LogP contribution in [0, 0.1) is 11.8 Å². The molecule has 2 bridgehead atoms. The molecule has 4 atom stereocenters. The minimum absolute atomic E-state index is 0.290. The summed E-state index contributed by atoms with van der Waals surface area (Å²) in [6.45, 7) is 0. The first kappa shape index (κ1) is 36.0. The number of rotatable bonds is 7. The van der Waals surface area contributed by atoms with Crippen LogP contribution in [0.2, 0.25) is 0 Å². The molecule has 3 aromatic heterocycles. The van der Waals surface area contributed by atoms with Crippen LogP contribution in [0.15, 0.2) is 219 Å². The zero-order chi connectivity index (χ0) is 41.0. The molecule has 0 saturated carbocycles. The zero-order valence-electron chi connectivity index (χ0n) is 33.8. The van der Waals surface area contributed by atoms with Crippen molar-refractivity contribution in [3.8, 4) is 67.5 Å². The van der Waals surface area contributed by atoms with Gasteiger partial charge in [-0.15, -0.1) is 0 Å². The fourth-order valence-corrected chi connectivity index (χ4v) is 10.5. The van der Waals surface area contributed by atoms with E-state index in [-0.39, 0.29) is 5.41 Å². The van der Waals surface area contributed by atoms with Gasteiger partial charge in [0.15, 0.2) is 17.5 Å². The van der Waals surface area contributed by atoms with Crippen molar-refractivity contribution < 1.29 is 0 Å². The lowest BCUT2D eigenvalue weighted by Gasteiger charge is -2.58. The van der Waals surface area contributed by atoms with Crippen molar-refractivity contribution in [2.45, 2.75) is 11.3 Å². The van der Waals surface area contributed by atoms with E-state index in [2.05, 4.69) is 131 Å². The van der Waals surface area contributed by atoms with E-state index >= 15 is 0 Å². The smallest absolute Gasteiger partial charge is 0.164 e. The number of allylic oxidation sites excluding steroid dienone is 4. The summed E-state index contributed by atoms with van der Waals surface area (Å²) in [6, 6.07) is 60.8. The molecular weight excluding hydrogens is 755 g/mol. The average molecular weight is 794 g/mol. The molecule has 3 heterocycles. The van der Waals surface area contributed by atoms with Gasteiger partial charge in [0.25, 0.3) is 0 Å². The lowest BCUT2D eigenvalue weighted by molar-refractivity contribution is 0.266. The fourth-order valence-electron chi connectivity index (χ4n) is 10.5. The van der Waals surface area contributed by atoms with E-state index in [1.54, 1.807) is 0 Å². The Morgan fingerprint density at radius 3 is 1.52 bits per heavy atom. The van der Waals surface area contributed by atoms with Gasteiger partial charge in [0.1, 0.15) is 0 Å². The summed E-state index contributed by atoms with van der Waals surface area (Å²) < 4.78 is 0. The molecule has 0 saturated heterocycles. The van der Waals surface area contributed by atoms with Gasteiger partial charge in [-0.05, 0) is 116 Å². The van der Waals surface area contributed by atoms with Crippen LogP contribution < -0.4 is 0 Å². The monoisotopic (exact) mass is 793 g/mol. The fraction of sp³-hybridized carbons (Fsp3) is 0.0702. The molecule has 0 amide bonds. The van der Waals surface area contributed by atoms with Crippen LogP contribution in [0.3, 0.4) is 0 Å². The molecule has 0 radical (unpaired) electrons. The summed E-state index contributed by atoms with van der Waals surface area (Å²) in [5.74, 6) is 2.85. The van der Waals surface area contributed by atoms with E-state index in [9.17, 15) is 0 Å². The van der Waals surface area contributed by atoms with E-state index < -0.39 is 0 Å². The molecule has 4 unspecified atom stereocenters. The molecule has 0 spiro atoms. The van der Waals surface area contributed by atoms with E-state index in [1.165, 1.54) is 38.9 Å². The van der Waals surface area contributed by atoms with Crippen molar-refractivity contribution in [1.82, 2.24) is 24.9 Å². The standard InChI is InChI=1S/C57H39N5/c1-3-11-40(12-4-1)54-60-55(41-13-5-2-6-14-41)62-56(61-54)45-34-43(33-44(35-45)39-25-29-58-30-26-39)38-21-19-37(20-22-38)42-23-24-49-52(36-42)57(46-27-31-59-32-28-46)50-17-9-7-15-47(50)53(49)48-16-8-10-18-51(48)57/h1-36,47,50,53H. The van der Waals surface area contributed by atoms with E-state index in [1.807, 2.05) is 97.6 Å². The van der Waals surface area contributed by atoms with Crippen LogP contribution in [0.1, 0.15) is 33.7 Å². The second-order valence-corrected chi connectivity index (χ2v) is 16.4. The van der Waals surface area contributed by atoms with Crippen LogP contribution in [0.5, 0.6) is 0 Å². The third-order valence-electron chi connectivity index (χ3n) is 13.2. The zero-order valence-corrected chi connectivity index (χ0v) is 33.8. The van der Waals surface area contributed by atoms with Gasteiger partial charge in [-0.1, -0.05) is 146 Å². The number of hydrogen-bond acceptors (Lipinski definition) is 5. The summed E-state index contributed by atoms with van der Waals surface area (Å²) in [7, 11) is 0. The van der Waals surface area contributed by atoms with E-state index in [4.69, 9.17) is 15.0 Å². The Morgan fingerprint density at radius 2 is 0.855 bits per heavy atom. The Labute approximate surface area is 361 Å². The van der Waals surface area contributed by atoms with Crippen molar-refractivity contribution in [1.29, 1.82) is 0 Å². The lowest BCUT2D eigenvalue weighted by atomic mass is 9.44. The van der Waals surface area contributed by atoms with Gasteiger partial charge in [0.2, 0.25) is 0 Å². The molecule has 5 heteroatoms. The second-order valence-electron chi connectivity index (χ2n) is 16.4. The summed E-state index contributed by atoms with van der Waals surface area (Å²) in [5, 5.41) is 0. The van der Waals surface area contributed by atoms with Crippen molar-refractivity contribution in [3.63, 3.8) is 0 Å². The Hall–Kier alpha value is -7.89. The predicted octanol–water partition coefficient (Wildman–Crippen LogP) is 12.8. The highest BCUT2D eigenvalue weighted by Gasteiger charge is 2.58. The third kappa shape index (κ3) is 5.81. The number of pyridine rings is 2. The summed E-state index contributed by atoms with van der Waals surface area (Å²) >= 11 is 0. The number of benzene rings is 6. The van der Waals surface area contributed by atoms with Crippen molar-refractivity contribution >= 4 is 0 Å². The molecule has 4 aliphatic carbocycles. The van der Waals surface area contributed by atoms with Crippen LogP contribution in [0.4, 0.5) is 0 Å². The Kier molecular flexibility index (Phi) is 8.53. The first-order valence-electron chi connectivity index (χ1n) is 21.3. The number of aromatic nitrogens is 5. The van der Waals surface area contributed by atoms with Crippen molar-refractivity contribution in [3.05, 3.63) is 247 Å². The maximum absolute atomic E-state index is 5.09. The molecule has 6 aromatic carbocycles. The molecule has 0 N–H and O–H groups in total. The minimum Gasteiger partial charge on any atom is -0.265 e. The van der Waals surface area contributed by atoms with Crippen LogP contribution in [-0.4, -0.2) is 24.9 Å². The molecular formula is C57H39N5. The van der Waals surface area contributed by atoms with Gasteiger partial charge >= 0.3 is 0 Å². The quantitative estimate of drug-likeness (QED) is 0.161. The molecule has 9 aromatic rings. The maximum atomic E-state index is 5.09. The minimum atomic E-state index is -0.342. The summed E-state index contributed by atoms with van der Waals surface area (Å²) in [6.07, 6.45) is 17.0. The predicted molar refractivity (Wildman–Crippen MR) is 248 cm³/mol.